The average Bonchev–Trinajstić information content (AvgIpc) is 3.21. The second-order valence-corrected chi connectivity index (χ2v) is 6.65. The Hall–Kier alpha value is -3.10. The molecule has 9 heteroatoms. The second-order valence-electron chi connectivity index (χ2n) is 6.25. The van der Waals surface area contributed by atoms with E-state index in [1.807, 2.05) is 18.2 Å². The molecule has 0 radical (unpaired) electrons. The normalized spacial score (nSPS) is 11.7. The summed E-state index contributed by atoms with van der Waals surface area (Å²) in [6, 6.07) is 14.4. The van der Waals surface area contributed by atoms with E-state index in [1.165, 1.54) is 10.9 Å². The number of halogens is 1. The molecule has 0 spiro atoms. The molecule has 3 rings (SSSR count). The molecule has 1 unspecified atom stereocenters. The molecule has 1 amide bonds. The number of rotatable bonds is 9. The van der Waals surface area contributed by atoms with Gasteiger partial charge in [0.15, 0.2) is 5.69 Å². The van der Waals surface area contributed by atoms with Crippen molar-refractivity contribution in [3.63, 3.8) is 0 Å². The maximum atomic E-state index is 12.2. The minimum Gasteiger partial charge on any atom is -0.497 e. The van der Waals surface area contributed by atoms with Crippen molar-refractivity contribution in [1.82, 2.24) is 20.3 Å². The van der Waals surface area contributed by atoms with E-state index in [2.05, 4.69) is 15.6 Å². The van der Waals surface area contributed by atoms with Crippen LogP contribution in [-0.4, -0.2) is 52.4 Å². The predicted octanol–water partition coefficient (Wildman–Crippen LogP) is 2.16. The summed E-state index contributed by atoms with van der Waals surface area (Å²) in [5, 5.41) is 21.1. The number of carbonyl (C=O) groups is 1. The van der Waals surface area contributed by atoms with Crippen molar-refractivity contribution in [2.75, 3.05) is 20.3 Å². The zero-order valence-electron chi connectivity index (χ0n) is 15.8. The molecule has 0 aliphatic heterocycles. The number of amides is 1. The highest BCUT2D eigenvalue weighted by Gasteiger charge is 2.14. The fourth-order valence-corrected chi connectivity index (χ4v) is 2.72. The van der Waals surface area contributed by atoms with Gasteiger partial charge in [-0.2, -0.15) is 0 Å². The molecular formula is C20H21ClN4O4. The first-order valence-corrected chi connectivity index (χ1v) is 9.29. The van der Waals surface area contributed by atoms with Crippen LogP contribution < -0.4 is 14.8 Å². The van der Waals surface area contributed by atoms with E-state index >= 15 is 0 Å². The summed E-state index contributed by atoms with van der Waals surface area (Å²) < 4.78 is 12.1. The van der Waals surface area contributed by atoms with Gasteiger partial charge in [-0.1, -0.05) is 41.1 Å². The number of hydrogen-bond donors (Lipinski definition) is 2. The van der Waals surface area contributed by atoms with E-state index in [9.17, 15) is 9.90 Å². The molecular weight excluding hydrogens is 396 g/mol. The summed E-state index contributed by atoms with van der Waals surface area (Å²) in [5.74, 6) is 0.790. The van der Waals surface area contributed by atoms with Gasteiger partial charge in [0.25, 0.3) is 5.91 Å². The number of aliphatic hydroxyl groups is 1. The third-order valence-corrected chi connectivity index (χ3v) is 4.41. The zero-order valence-corrected chi connectivity index (χ0v) is 16.5. The fraction of sp³-hybridized carbons (Fsp3) is 0.250. The quantitative estimate of drug-likeness (QED) is 0.554. The number of nitrogens with zero attached hydrogens (tertiary/aromatic N) is 3. The molecule has 0 aliphatic carbocycles. The maximum absolute atomic E-state index is 12.2. The van der Waals surface area contributed by atoms with E-state index in [1.54, 1.807) is 37.4 Å². The van der Waals surface area contributed by atoms with Gasteiger partial charge in [0.2, 0.25) is 0 Å². The van der Waals surface area contributed by atoms with Crippen molar-refractivity contribution in [3.05, 3.63) is 71.0 Å². The van der Waals surface area contributed by atoms with Crippen molar-refractivity contribution in [1.29, 1.82) is 0 Å². The minimum absolute atomic E-state index is 0.0141. The highest BCUT2D eigenvalue weighted by atomic mass is 35.5. The Morgan fingerprint density at radius 3 is 2.83 bits per heavy atom. The van der Waals surface area contributed by atoms with Gasteiger partial charge in [-0.25, -0.2) is 4.68 Å². The van der Waals surface area contributed by atoms with Crippen LogP contribution in [-0.2, 0) is 6.54 Å². The summed E-state index contributed by atoms with van der Waals surface area (Å²) in [4.78, 5) is 12.2. The summed E-state index contributed by atoms with van der Waals surface area (Å²) in [6.07, 6.45) is 0.640. The third kappa shape index (κ3) is 5.94. The zero-order chi connectivity index (χ0) is 20.6. The van der Waals surface area contributed by atoms with Gasteiger partial charge in [0.05, 0.1) is 19.9 Å². The summed E-state index contributed by atoms with van der Waals surface area (Å²) in [7, 11) is 1.56. The van der Waals surface area contributed by atoms with Crippen molar-refractivity contribution < 1.29 is 19.4 Å². The molecule has 0 saturated heterocycles. The van der Waals surface area contributed by atoms with Gasteiger partial charge in [0, 0.05) is 17.6 Å². The highest BCUT2D eigenvalue weighted by molar-refractivity contribution is 6.31. The Labute approximate surface area is 173 Å². The standard InChI is InChI=1S/C20H21ClN4O4/c1-28-16-6-4-7-17(9-16)29-13-15(26)10-22-20(27)19-12-25(24-23-19)11-14-5-2-3-8-18(14)21/h2-9,12,15,26H,10-11,13H2,1H3,(H,22,27). The van der Waals surface area contributed by atoms with Gasteiger partial charge in [-0.15, -0.1) is 5.10 Å². The van der Waals surface area contributed by atoms with Gasteiger partial charge in [-0.05, 0) is 23.8 Å². The fourth-order valence-electron chi connectivity index (χ4n) is 2.52. The minimum atomic E-state index is -0.886. The van der Waals surface area contributed by atoms with Crippen LogP contribution in [0.1, 0.15) is 16.1 Å². The smallest absolute Gasteiger partial charge is 0.273 e. The number of aromatic nitrogens is 3. The molecule has 152 valence electrons. The van der Waals surface area contributed by atoms with E-state index in [4.69, 9.17) is 21.1 Å². The molecule has 3 aromatic rings. The monoisotopic (exact) mass is 416 g/mol. The lowest BCUT2D eigenvalue weighted by molar-refractivity contribution is 0.0839. The van der Waals surface area contributed by atoms with Crippen molar-refractivity contribution in [2.24, 2.45) is 0 Å². The van der Waals surface area contributed by atoms with Gasteiger partial charge < -0.3 is 19.9 Å². The van der Waals surface area contributed by atoms with Crippen LogP contribution in [0.3, 0.4) is 0 Å². The molecule has 1 aromatic heterocycles. The number of benzene rings is 2. The van der Waals surface area contributed by atoms with Crippen LogP contribution in [0.4, 0.5) is 0 Å². The van der Waals surface area contributed by atoms with Gasteiger partial charge >= 0.3 is 0 Å². The number of ether oxygens (including phenoxy) is 2. The van der Waals surface area contributed by atoms with Crippen LogP contribution in [0.2, 0.25) is 5.02 Å². The molecule has 0 saturated carbocycles. The first-order valence-electron chi connectivity index (χ1n) is 8.92. The largest absolute Gasteiger partial charge is 0.497 e. The van der Waals surface area contributed by atoms with Gasteiger partial charge in [0.1, 0.15) is 24.2 Å². The third-order valence-electron chi connectivity index (χ3n) is 4.04. The highest BCUT2D eigenvalue weighted by Crippen LogP contribution is 2.19. The molecule has 0 aliphatic rings. The summed E-state index contributed by atoms with van der Waals surface area (Å²) >= 11 is 6.13. The first kappa shape index (κ1) is 20.6. The van der Waals surface area contributed by atoms with Crippen LogP contribution in [0.25, 0.3) is 0 Å². The van der Waals surface area contributed by atoms with Crippen molar-refractivity contribution in [2.45, 2.75) is 12.6 Å². The van der Waals surface area contributed by atoms with E-state index in [0.717, 1.165) is 5.56 Å². The summed E-state index contributed by atoms with van der Waals surface area (Å²) in [6.45, 7) is 0.434. The second kappa shape index (κ2) is 9.90. The molecule has 1 heterocycles. The lowest BCUT2D eigenvalue weighted by Gasteiger charge is -2.13. The predicted molar refractivity (Wildman–Crippen MR) is 107 cm³/mol. The topological polar surface area (TPSA) is 98.5 Å². The lowest BCUT2D eigenvalue weighted by atomic mass is 10.2. The molecule has 2 N–H and O–H groups in total. The number of hydrogen-bond acceptors (Lipinski definition) is 6. The van der Waals surface area contributed by atoms with Crippen molar-refractivity contribution in [3.8, 4) is 11.5 Å². The number of methoxy groups -OCH3 is 1. The maximum Gasteiger partial charge on any atom is 0.273 e. The van der Waals surface area contributed by atoms with Crippen molar-refractivity contribution >= 4 is 17.5 Å². The Morgan fingerprint density at radius 1 is 1.24 bits per heavy atom. The number of carbonyl (C=O) groups excluding carboxylic acids is 1. The average molecular weight is 417 g/mol. The van der Waals surface area contributed by atoms with Gasteiger partial charge in [-0.3, -0.25) is 4.79 Å². The summed E-state index contributed by atoms with van der Waals surface area (Å²) in [5.41, 5.74) is 1.02. The van der Waals surface area contributed by atoms with Crippen LogP contribution in [0, 0.1) is 0 Å². The Kier molecular flexibility index (Phi) is 7.04. The molecule has 1 atom stereocenters. The van der Waals surface area contributed by atoms with E-state index in [0.29, 0.717) is 23.1 Å². The molecule has 0 bridgehead atoms. The Bertz CT molecular complexity index is 963. The Balaban J connectivity index is 1.46. The molecule has 29 heavy (non-hydrogen) atoms. The first-order chi connectivity index (χ1) is 14.0. The van der Waals surface area contributed by atoms with E-state index in [-0.39, 0.29) is 18.8 Å². The Morgan fingerprint density at radius 2 is 2.03 bits per heavy atom. The SMILES string of the molecule is COc1cccc(OCC(O)CNC(=O)c2cn(Cc3ccccc3Cl)nn2)c1. The van der Waals surface area contributed by atoms with E-state index < -0.39 is 12.0 Å². The molecule has 2 aromatic carbocycles. The number of nitrogens with one attached hydrogen (secondary N) is 1. The lowest BCUT2D eigenvalue weighted by Crippen LogP contribution is -2.35. The van der Waals surface area contributed by atoms with Crippen LogP contribution in [0.15, 0.2) is 54.7 Å². The number of aliphatic hydroxyl groups excluding tert-OH is 1. The van der Waals surface area contributed by atoms with Crippen LogP contribution >= 0.6 is 11.6 Å². The molecule has 0 fully saturated rings. The molecule has 8 nitrogen and oxygen atoms in total. The van der Waals surface area contributed by atoms with Crippen LogP contribution in [0.5, 0.6) is 11.5 Å².